The Bertz CT molecular complexity index is 327. The molecule has 1 aromatic rings. The van der Waals surface area contributed by atoms with Gasteiger partial charge >= 0.3 is 0 Å². The molecule has 1 saturated carbocycles. The molecule has 0 bridgehead atoms. The summed E-state index contributed by atoms with van der Waals surface area (Å²) in [7, 11) is 0. The third-order valence-corrected chi connectivity index (χ3v) is 3.85. The van der Waals surface area contributed by atoms with Crippen LogP contribution in [0.15, 0.2) is 18.3 Å². The fraction of sp³-hybridized carbons (Fsp3) is 0.667. The first-order chi connectivity index (χ1) is 8.25. The molecule has 1 aromatic heterocycles. The molecule has 0 radical (unpaired) electrons. The van der Waals surface area contributed by atoms with Crippen LogP contribution in [0.5, 0.6) is 0 Å². The van der Waals surface area contributed by atoms with Gasteiger partial charge in [-0.2, -0.15) is 0 Å². The molecule has 1 fully saturated rings. The van der Waals surface area contributed by atoms with Crippen LogP contribution in [0, 0.1) is 12.8 Å². The molecule has 1 N–H and O–H groups in total. The van der Waals surface area contributed by atoms with Gasteiger partial charge in [-0.15, -0.1) is 0 Å². The fourth-order valence-corrected chi connectivity index (χ4v) is 2.69. The average Bonchev–Trinajstić information content (AvgIpc) is 2.38. The van der Waals surface area contributed by atoms with E-state index in [1.165, 1.54) is 32.1 Å². The summed E-state index contributed by atoms with van der Waals surface area (Å²) in [6, 6.07) is 3.97. The third kappa shape index (κ3) is 3.81. The van der Waals surface area contributed by atoms with Crippen LogP contribution < -0.4 is 0 Å². The summed E-state index contributed by atoms with van der Waals surface area (Å²) in [5.74, 6) is 0.837. The number of pyridine rings is 1. The largest absolute Gasteiger partial charge is 0.387 e. The molecule has 2 heteroatoms. The number of hydrogen-bond acceptors (Lipinski definition) is 2. The Morgan fingerprint density at radius 1 is 1.29 bits per heavy atom. The molecule has 1 heterocycles. The molecule has 1 atom stereocenters. The zero-order valence-electron chi connectivity index (χ0n) is 10.7. The average molecular weight is 233 g/mol. The van der Waals surface area contributed by atoms with Crippen LogP contribution in [-0.4, -0.2) is 10.1 Å². The van der Waals surface area contributed by atoms with Gasteiger partial charge in [-0.1, -0.05) is 38.2 Å². The van der Waals surface area contributed by atoms with E-state index in [0.29, 0.717) is 0 Å². The Morgan fingerprint density at radius 3 is 2.71 bits per heavy atom. The maximum atomic E-state index is 10.1. The van der Waals surface area contributed by atoms with E-state index in [9.17, 15) is 5.11 Å². The predicted molar refractivity (Wildman–Crippen MR) is 69.7 cm³/mol. The van der Waals surface area contributed by atoms with Crippen molar-refractivity contribution in [2.75, 3.05) is 0 Å². The van der Waals surface area contributed by atoms with Crippen molar-refractivity contribution in [2.24, 2.45) is 5.92 Å². The summed E-state index contributed by atoms with van der Waals surface area (Å²) >= 11 is 0. The fourth-order valence-electron chi connectivity index (χ4n) is 2.69. The van der Waals surface area contributed by atoms with Crippen LogP contribution in [0.2, 0.25) is 0 Å². The minimum absolute atomic E-state index is 0.377. The van der Waals surface area contributed by atoms with Gasteiger partial charge in [-0.25, -0.2) is 0 Å². The molecule has 0 aromatic carbocycles. The van der Waals surface area contributed by atoms with E-state index in [2.05, 4.69) is 4.98 Å². The molecule has 1 aliphatic carbocycles. The van der Waals surface area contributed by atoms with Crippen LogP contribution in [0.25, 0.3) is 0 Å². The number of nitrogens with zero attached hydrogens (tertiary/aromatic N) is 1. The van der Waals surface area contributed by atoms with E-state index < -0.39 is 0 Å². The first-order valence-corrected chi connectivity index (χ1v) is 6.86. The van der Waals surface area contributed by atoms with Crippen molar-refractivity contribution < 1.29 is 5.11 Å². The molecule has 0 aliphatic heterocycles. The highest BCUT2D eigenvalue weighted by Gasteiger charge is 2.16. The van der Waals surface area contributed by atoms with Crippen molar-refractivity contribution in [2.45, 2.75) is 58.0 Å². The SMILES string of the molecule is Cc1ccc(C(O)CCC2CCCCC2)nc1. The lowest BCUT2D eigenvalue weighted by Gasteiger charge is -2.22. The highest BCUT2D eigenvalue weighted by Crippen LogP contribution is 2.29. The highest BCUT2D eigenvalue weighted by atomic mass is 16.3. The first kappa shape index (κ1) is 12.6. The van der Waals surface area contributed by atoms with Gasteiger partial charge in [0.15, 0.2) is 0 Å². The minimum atomic E-state index is -0.377. The van der Waals surface area contributed by atoms with E-state index in [0.717, 1.165) is 30.0 Å². The smallest absolute Gasteiger partial charge is 0.0959 e. The van der Waals surface area contributed by atoms with E-state index in [4.69, 9.17) is 0 Å². The van der Waals surface area contributed by atoms with Crippen LogP contribution >= 0.6 is 0 Å². The predicted octanol–water partition coefficient (Wildman–Crippen LogP) is 3.78. The monoisotopic (exact) mass is 233 g/mol. The van der Waals surface area contributed by atoms with Crippen molar-refractivity contribution in [3.8, 4) is 0 Å². The highest BCUT2D eigenvalue weighted by molar-refractivity contribution is 5.13. The van der Waals surface area contributed by atoms with Crippen molar-refractivity contribution in [1.29, 1.82) is 0 Å². The lowest BCUT2D eigenvalue weighted by atomic mass is 9.85. The van der Waals surface area contributed by atoms with Gasteiger partial charge in [0.05, 0.1) is 11.8 Å². The van der Waals surface area contributed by atoms with Gasteiger partial charge in [-0.3, -0.25) is 4.98 Å². The number of hydrogen-bond donors (Lipinski definition) is 1. The molecular weight excluding hydrogens is 210 g/mol. The Balaban J connectivity index is 1.80. The second-order valence-electron chi connectivity index (χ2n) is 5.36. The standard InChI is InChI=1S/C15H23NO/c1-12-7-9-14(16-11-12)15(17)10-8-13-5-3-2-4-6-13/h7,9,11,13,15,17H,2-6,8,10H2,1H3. The maximum absolute atomic E-state index is 10.1. The van der Waals surface area contributed by atoms with E-state index >= 15 is 0 Å². The molecule has 2 rings (SSSR count). The second kappa shape index (κ2) is 6.15. The third-order valence-electron chi connectivity index (χ3n) is 3.85. The molecule has 2 nitrogen and oxygen atoms in total. The molecule has 94 valence electrons. The summed E-state index contributed by atoms with van der Waals surface area (Å²) in [5, 5.41) is 10.1. The lowest BCUT2D eigenvalue weighted by Crippen LogP contribution is -2.09. The van der Waals surface area contributed by atoms with E-state index in [1.807, 2.05) is 25.3 Å². The van der Waals surface area contributed by atoms with Crippen molar-refractivity contribution in [1.82, 2.24) is 4.98 Å². The Morgan fingerprint density at radius 2 is 2.06 bits per heavy atom. The second-order valence-corrected chi connectivity index (χ2v) is 5.36. The zero-order chi connectivity index (χ0) is 12.1. The first-order valence-electron chi connectivity index (χ1n) is 6.86. The van der Waals surface area contributed by atoms with Gasteiger partial charge in [0, 0.05) is 6.20 Å². The number of aliphatic hydroxyl groups excluding tert-OH is 1. The molecule has 0 saturated heterocycles. The molecule has 1 aliphatic rings. The quantitative estimate of drug-likeness (QED) is 0.858. The summed E-state index contributed by atoms with van der Waals surface area (Å²) < 4.78 is 0. The Hall–Kier alpha value is -0.890. The molecular formula is C15H23NO. The van der Waals surface area contributed by atoms with Gasteiger partial charge in [0.2, 0.25) is 0 Å². The van der Waals surface area contributed by atoms with Gasteiger partial charge < -0.3 is 5.11 Å². The van der Waals surface area contributed by atoms with Crippen molar-refractivity contribution in [3.05, 3.63) is 29.6 Å². The van der Waals surface area contributed by atoms with Crippen LogP contribution in [0.4, 0.5) is 0 Å². The number of aliphatic hydroxyl groups is 1. The molecule has 0 spiro atoms. The van der Waals surface area contributed by atoms with Crippen molar-refractivity contribution >= 4 is 0 Å². The number of aryl methyl sites for hydroxylation is 1. The normalized spacial score (nSPS) is 19.2. The van der Waals surface area contributed by atoms with Gasteiger partial charge in [0.1, 0.15) is 0 Å². The Labute approximate surface area is 104 Å². The maximum Gasteiger partial charge on any atom is 0.0959 e. The van der Waals surface area contributed by atoms with Crippen molar-refractivity contribution in [3.63, 3.8) is 0 Å². The summed E-state index contributed by atoms with van der Waals surface area (Å²) in [6.07, 6.45) is 10.3. The lowest BCUT2D eigenvalue weighted by molar-refractivity contribution is 0.147. The summed E-state index contributed by atoms with van der Waals surface area (Å²) in [6.45, 7) is 2.02. The molecule has 1 unspecified atom stereocenters. The van der Waals surface area contributed by atoms with E-state index in [1.54, 1.807) is 0 Å². The van der Waals surface area contributed by atoms with Crippen LogP contribution in [0.3, 0.4) is 0 Å². The van der Waals surface area contributed by atoms with Crippen LogP contribution in [-0.2, 0) is 0 Å². The molecule has 17 heavy (non-hydrogen) atoms. The number of aromatic nitrogens is 1. The topological polar surface area (TPSA) is 33.1 Å². The zero-order valence-corrected chi connectivity index (χ0v) is 10.7. The minimum Gasteiger partial charge on any atom is -0.387 e. The van der Waals surface area contributed by atoms with Crippen LogP contribution in [0.1, 0.15) is 62.3 Å². The Kier molecular flexibility index (Phi) is 4.55. The summed E-state index contributed by atoms with van der Waals surface area (Å²) in [4.78, 5) is 4.29. The molecule has 0 amide bonds. The van der Waals surface area contributed by atoms with Gasteiger partial charge in [0.25, 0.3) is 0 Å². The van der Waals surface area contributed by atoms with E-state index in [-0.39, 0.29) is 6.10 Å². The number of rotatable bonds is 4. The summed E-state index contributed by atoms with van der Waals surface area (Å²) in [5.41, 5.74) is 1.97. The van der Waals surface area contributed by atoms with Gasteiger partial charge in [-0.05, 0) is 37.3 Å².